The molecule has 0 aliphatic rings. The largest absolute Gasteiger partial charge is 1.00 e. The Morgan fingerprint density at radius 3 is 0.143 bits per heavy atom. The molecule has 0 aromatic carbocycles. The van der Waals surface area contributed by atoms with Crippen molar-refractivity contribution in [3.63, 3.8) is 0 Å². The summed E-state index contributed by atoms with van der Waals surface area (Å²) in [6, 6.07) is 0. The average molecular weight is 666 g/mol. The summed E-state index contributed by atoms with van der Waals surface area (Å²) in [6.07, 6.45) is 0. The zero-order valence-corrected chi connectivity index (χ0v) is 25.2. The Balaban J connectivity index is -0.0000000187. The molecule has 42 heteroatoms. The van der Waals surface area contributed by atoms with Gasteiger partial charge in [-0.05, 0) is 0 Å². The van der Waals surface area contributed by atoms with E-state index >= 15 is 0 Å². The van der Waals surface area contributed by atoms with E-state index in [2.05, 4.69) is 0 Å². The van der Waals surface area contributed by atoms with E-state index in [9.17, 15) is 0 Å². The molecular formula is H32B10Na2O30. The molecule has 0 fully saturated rings. The first-order valence-corrected chi connectivity index (χ1v) is 7.75. The summed E-state index contributed by atoms with van der Waals surface area (Å²) in [7, 11) is -21.7. The molecule has 30 N–H and O–H groups in total. The first kappa shape index (κ1) is 79.2. The summed E-state index contributed by atoms with van der Waals surface area (Å²) >= 11 is 0. The van der Waals surface area contributed by atoms with Gasteiger partial charge in [-0.2, -0.15) is 0 Å². The van der Waals surface area contributed by atoms with Crippen LogP contribution in [0.25, 0.3) is 0 Å². The fourth-order valence-electron chi connectivity index (χ4n) is 0. The Morgan fingerprint density at radius 1 is 0.143 bits per heavy atom. The van der Waals surface area contributed by atoms with Crippen molar-refractivity contribution in [1.82, 2.24) is 0 Å². The van der Waals surface area contributed by atoms with Gasteiger partial charge in [0.1, 0.15) is 0 Å². The van der Waals surface area contributed by atoms with Gasteiger partial charge in [0.25, 0.3) is 0 Å². The molecule has 0 atom stereocenters. The maximum absolute atomic E-state index is 7.17. The zero-order valence-electron chi connectivity index (χ0n) is 23.2. The molecule has 0 bridgehead atoms. The molecule has 0 radical (unpaired) electrons. The van der Waals surface area contributed by atoms with Crippen LogP contribution in [0.15, 0.2) is 0 Å². The number of hydrogen-bond acceptors (Lipinski definition) is 30. The molecule has 0 aromatic heterocycles. The van der Waals surface area contributed by atoms with Crippen molar-refractivity contribution in [2.45, 2.75) is 0 Å². The minimum atomic E-state index is -2.17. The van der Waals surface area contributed by atoms with Crippen LogP contribution in [-0.4, -0.2) is 224 Å². The standard InChI is InChI=1S/10BH3O3.2Na.2H/c10*2-1(3)4;;;;/h10*2-4H;;;;/q;;;;;;;;;;2*+1;2*-1. The van der Waals surface area contributed by atoms with E-state index in [0.717, 1.165) is 0 Å². The summed E-state index contributed by atoms with van der Waals surface area (Å²) in [5, 5.41) is 215. The van der Waals surface area contributed by atoms with Crippen molar-refractivity contribution in [2.24, 2.45) is 0 Å². The normalized spacial score (nSPS) is 6.43. The molecule has 0 aliphatic carbocycles. The third kappa shape index (κ3) is 32300. The van der Waals surface area contributed by atoms with Gasteiger partial charge in [0.2, 0.25) is 0 Å². The van der Waals surface area contributed by atoms with E-state index in [1.54, 1.807) is 0 Å². The second-order valence-electron chi connectivity index (χ2n) is 3.46. The summed E-state index contributed by atoms with van der Waals surface area (Å²) in [4.78, 5) is 0. The van der Waals surface area contributed by atoms with Crippen molar-refractivity contribution >= 4 is 73.2 Å². The summed E-state index contributed by atoms with van der Waals surface area (Å²) in [5.74, 6) is 0. The van der Waals surface area contributed by atoms with Crippen LogP contribution in [0, 0.1) is 0 Å². The van der Waals surface area contributed by atoms with Gasteiger partial charge in [-0.3, -0.25) is 0 Å². The molecular weight excluding hydrogens is 634 g/mol. The molecule has 244 valence electrons. The molecule has 0 unspecified atom stereocenters. The second kappa shape index (κ2) is 73.7. The molecule has 0 saturated carbocycles. The van der Waals surface area contributed by atoms with Crippen LogP contribution in [-0.2, 0) is 0 Å². The fourth-order valence-corrected chi connectivity index (χ4v) is 0. The molecule has 0 spiro atoms. The predicted octanol–water partition coefficient (Wildman–Crippen LogP) is -26.3. The summed E-state index contributed by atoms with van der Waals surface area (Å²) < 4.78 is 0. The Morgan fingerprint density at radius 2 is 0.143 bits per heavy atom. The van der Waals surface area contributed by atoms with Gasteiger partial charge in [-0.1, -0.05) is 0 Å². The molecule has 0 saturated heterocycles. The van der Waals surface area contributed by atoms with E-state index in [-0.39, 0.29) is 62.0 Å². The van der Waals surface area contributed by atoms with Crippen molar-refractivity contribution in [3.05, 3.63) is 0 Å². The van der Waals surface area contributed by atoms with Crippen LogP contribution in [0.1, 0.15) is 2.85 Å². The second-order valence-corrected chi connectivity index (χ2v) is 3.46. The maximum atomic E-state index is 7.17. The van der Waals surface area contributed by atoms with Gasteiger partial charge in [0.15, 0.2) is 0 Å². The molecule has 0 aromatic rings. The predicted molar refractivity (Wildman–Crippen MR) is 126 cm³/mol. The molecule has 0 rings (SSSR count). The van der Waals surface area contributed by atoms with Crippen LogP contribution >= 0.6 is 0 Å². The van der Waals surface area contributed by atoms with Crippen LogP contribution < -0.4 is 59.1 Å². The molecule has 0 aliphatic heterocycles. The summed E-state index contributed by atoms with van der Waals surface area (Å²) in [5.41, 5.74) is 0. The third-order valence-electron chi connectivity index (χ3n) is 0. The Kier molecular flexibility index (Phi) is 139. The topological polar surface area (TPSA) is 607 Å². The molecule has 0 heterocycles. The maximum Gasteiger partial charge on any atom is 1.00 e. The molecule has 0 amide bonds. The summed E-state index contributed by atoms with van der Waals surface area (Å²) in [6.45, 7) is 0. The van der Waals surface area contributed by atoms with E-state index in [0.29, 0.717) is 0 Å². The van der Waals surface area contributed by atoms with E-state index in [1.807, 2.05) is 0 Å². The van der Waals surface area contributed by atoms with Crippen molar-refractivity contribution in [3.8, 4) is 0 Å². The van der Waals surface area contributed by atoms with E-state index < -0.39 is 73.2 Å². The van der Waals surface area contributed by atoms with Crippen molar-refractivity contribution in [1.29, 1.82) is 0 Å². The fraction of sp³-hybridized carbons (Fsp3) is 0. The van der Waals surface area contributed by atoms with Gasteiger partial charge < -0.3 is 154 Å². The smallest absolute Gasteiger partial charge is 1.00 e. The average Bonchev–Trinajstić information content (AvgIpc) is 2.47. The van der Waals surface area contributed by atoms with Gasteiger partial charge in [-0.15, -0.1) is 0 Å². The number of rotatable bonds is 0. The monoisotopic (exact) mass is 668 g/mol. The van der Waals surface area contributed by atoms with Crippen LogP contribution in [0.2, 0.25) is 0 Å². The Labute approximate surface area is 284 Å². The minimum Gasteiger partial charge on any atom is -1.00 e. The van der Waals surface area contributed by atoms with Gasteiger partial charge in [0, 0.05) is 0 Å². The minimum absolute atomic E-state index is 0. The van der Waals surface area contributed by atoms with Crippen LogP contribution in [0.4, 0.5) is 0 Å². The third-order valence-corrected chi connectivity index (χ3v) is 0. The Bertz CT molecular complexity index is 203. The van der Waals surface area contributed by atoms with Crippen molar-refractivity contribution in [2.75, 3.05) is 0 Å². The quantitative estimate of drug-likeness (QED) is 0.107. The van der Waals surface area contributed by atoms with E-state index in [4.69, 9.17) is 151 Å². The first-order valence-electron chi connectivity index (χ1n) is 7.75. The van der Waals surface area contributed by atoms with Gasteiger partial charge in [-0.25, -0.2) is 0 Å². The van der Waals surface area contributed by atoms with E-state index in [1.165, 1.54) is 0 Å². The molecule has 42 heavy (non-hydrogen) atoms. The van der Waals surface area contributed by atoms with Crippen molar-refractivity contribution < 1.29 is 213 Å². The SMILES string of the molecule is OB(O)O.OB(O)O.OB(O)O.OB(O)O.OB(O)O.OB(O)O.OB(O)O.OB(O)O.OB(O)O.OB(O)O.[H-].[H-].[Na+].[Na+]. The molecule has 30 nitrogen and oxygen atoms in total. The van der Waals surface area contributed by atoms with Crippen LogP contribution in [0.5, 0.6) is 0 Å². The Hall–Kier alpha value is 1.45. The zero-order chi connectivity index (χ0) is 35.8. The first-order chi connectivity index (χ1) is 17.3. The number of hydrogen-bond donors (Lipinski definition) is 30. The van der Waals surface area contributed by atoms with Gasteiger partial charge >= 0.3 is 132 Å². The van der Waals surface area contributed by atoms with Gasteiger partial charge in [0.05, 0.1) is 0 Å². The van der Waals surface area contributed by atoms with Crippen LogP contribution in [0.3, 0.4) is 0 Å².